The van der Waals surface area contributed by atoms with E-state index in [1.165, 1.54) is 0 Å². The molecule has 67 valence electrons. The Hall–Kier alpha value is -0.790. The summed E-state index contributed by atoms with van der Waals surface area (Å²) < 4.78 is 5.48. The molecule has 2 rings (SSSR count). The van der Waals surface area contributed by atoms with Gasteiger partial charge in [-0.1, -0.05) is 35.9 Å². The summed E-state index contributed by atoms with van der Waals surface area (Å²) in [5.74, 6) is 0. The zero-order chi connectivity index (χ0) is 9.26. The molecule has 1 nitrogen and oxygen atoms in total. The van der Waals surface area contributed by atoms with Gasteiger partial charge in [-0.2, -0.15) is 0 Å². The van der Waals surface area contributed by atoms with E-state index in [1.54, 1.807) is 0 Å². The second-order valence-corrected chi connectivity index (χ2v) is 3.61. The van der Waals surface area contributed by atoms with Gasteiger partial charge in [0.25, 0.3) is 0 Å². The first-order chi connectivity index (χ1) is 6.27. The third-order valence-electron chi connectivity index (χ3n) is 1.99. The number of halogens is 1. The number of hydrogen-bond donors (Lipinski definition) is 0. The van der Waals surface area contributed by atoms with E-state index < -0.39 is 0 Å². The van der Waals surface area contributed by atoms with Gasteiger partial charge in [0.05, 0.1) is 0 Å². The van der Waals surface area contributed by atoms with Crippen LogP contribution in [0.15, 0.2) is 30.3 Å². The Morgan fingerprint density at radius 1 is 1.46 bits per heavy atom. The standard InChI is InChI=1S/C11H10ClO/c1-8(12)13-11-7-6-9-4-2-3-5-10(9)11/h2-5,7-8,11H,1H3. The number of benzene rings is 1. The first-order valence-electron chi connectivity index (χ1n) is 4.26. The normalized spacial score (nSPS) is 21.5. The molecule has 0 spiro atoms. The van der Waals surface area contributed by atoms with E-state index in [4.69, 9.17) is 16.3 Å². The van der Waals surface area contributed by atoms with Gasteiger partial charge in [-0.25, -0.2) is 0 Å². The zero-order valence-electron chi connectivity index (χ0n) is 7.33. The van der Waals surface area contributed by atoms with Crippen molar-refractivity contribution >= 4 is 11.6 Å². The third kappa shape index (κ3) is 1.77. The summed E-state index contributed by atoms with van der Waals surface area (Å²) in [5.41, 5.74) is 1.98. The fourth-order valence-corrected chi connectivity index (χ4v) is 1.56. The van der Waals surface area contributed by atoms with Gasteiger partial charge in [-0.3, -0.25) is 0 Å². The van der Waals surface area contributed by atoms with Crippen molar-refractivity contribution < 1.29 is 4.74 Å². The summed E-state index contributed by atoms with van der Waals surface area (Å²) in [7, 11) is 0. The number of fused-ring (bicyclic) bond motifs is 1. The Morgan fingerprint density at radius 3 is 3.00 bits per heavy atom. The minimum absolute atomic E-state index is 0.0244. The summed E-state index contributed by atoms with van der Waals surface area (Å²) in [4.78, 5) is 0. The smallest absolute Gasteiger partial charge is 0.129 e. The monoisotopic (exact) mass is 193 g/mol. The van der Waals surface area contributed by atoms with Crippen LogP contribution in [0.5, 0.6) is 0 Å². The SMILES string of the molecule is CC(Cl)OC1C=[C]c2ccccc21. The molecule has 0 saturated heterocycles. The van der Waals surface area contributed by atoms with Crippen molar-refractivity contribution in [3.63, 3.8) is 0 Å². The van der Waals surface area contributed by atoms with Crippen molar-refractivity contribution in [1.82, 2.24) is 0 Å². The fraction of sp³-hybridized carbons (Fsp3) is 0.273. The molecule has 13 heavy (non-hydrogen) atoms. The molecule has 1 radical (unpaired) electrons. The van der Waals surface area contributed by atoms with Crippen LogP contribution in [0.3, 0.4) is 0 Å². The molecular weight excluding hydrogens is 184 g/mol. The number of rotatable bonds is 2. The first-order valence-corrected chi connectivity index (χ1v) is 4.69. The molecule has 0 saturated carbocycles. The second-order valence-electron chi connectivity index (χ2n) is 3.00. The van der Waals surface area contributed by atoms with Crippen molar-refractivity contribution in [2.24, 2.45) is 0 Å². The molecular formula is C11H10ClO. The summed E-state index contributed by atoms with van der Waals surface area (Å²) in [6, 6.07) is 8.05. The average molecular weight is 194 g/mol. The van der Waals surface area contributed by atoms with Gasteiger partial charge in [0.1, 0.15) is 11.7 Å². The van der Waals surface area contributed by atoms with E-state index in [0.717, 1.165) is 11.1 Å². The van der Waals surface area contributed by atoms with Gasteiger partial charge in [-0.15, -0.1) is 0 Å². The molecule has 0 fully saturated rings. The van der Waals surface area contributed by atoms with Crippen LogP contribution in [-0.2, 0) is 4.74 Å². The largest absolute Gasteiger partial charge is 0.351 e. The molecule has 0 amide bonds. The molecule has 0 aliphatic heterocycles. The molecule has 2 heteroatoms. The van der Waals surface area contributed by atoms with Crippen LogP contribution in [-0.4, -0.2) is 5.56 Å². The van der Waals surface area contributed by atoms with Gasteiger partial charge >= 0.3 is 0 Å². The highest BCUT2D eigenvalue weighted by Gasteiger charge is 2.18. The summed E-state index contributed by atoms with van der Waals surface area (Å²) in [6.45, 7) is 1.82. The fourth-order valence-electron chi connectivity index (χ4n) is 1.45. The van der Waals surface area contributed by atoms with E-state index in [2.05, 4.69) is 6.08 Å². The van der Waals surface area contributed by atoms with E-state index in [-0.39, 0.29) is 11.7 Å². The molecule has 2 atom stereocenters. The predicted octanol–water partition coefficient (Wildman–Crippen LogP) is 3.05. The van der Waals surface area contributed by atoms with Gasteiger partial charge < -0.3 is 4.74 Å². The van der Waals surface area contributed by atoms with E-state index in [1.807, 2.05) is 37.3 Å². The summed E-state index contributed by atoms with van der Waals surface area (Å²) >= 11 is 5.75. The maximum atomic E-state index is 5.75. The number of ether oxygens (including phenoxy) is 1. The van der Waals surface area contributed by atoms with Crippen molar-refractivity contribution in [2.75, 3.05) is 0 Å². The van der Waals surface area contributed by atoms with Crippen molar-refractivity contribution in [3.8, 4) is 0 Å². The third-order valence-corrected chi connectivity index (χ3v) is 2.09. The van der Waals surface area contributed by atoms with Gasteiger partial charge in [0.15, 0.2) is 0 Å². The van der Waals surface area contributed by atoms with Crippen molar-refractivity contribution in [1.29, 1.82) is 0 Å². The molecule has 1 aromatic carbocycles. The second kappa shape index (κ2) is 3.52. The van der Waals surface area contributed by atoms with E-state index in [9.17, 15) is 0 Å². The molecule has 0 aromatic heterocycles. The highest BCUT2D eigenvalue weighted by Crippen LogP contribution is 2.30. The average Bonchev–Trinajstić information content (AvgIpc) is 2.48. The lowest BCUT2D eigenvalue weighted by molar-refractivity contribution is 0.0726. The quantitative estimate of drug-likeness (QED) is 0.656. The Balaban J connectivity index is 2.23. The molecule has 1 aliphatic rings. The molecule has 0 heterocycles. The number of hydrogen-bond acceptors (Lipinski definition) is 1. The maximum Gasteiger partial charge on any atom is 0.129 e. The molecule has 1 aliphatic carbocycles. The first kappa shape index (κ1) is 8.79. The topological polar surface area (TPSA) is 9.23 Å². The lowest BCUT2D eigenvalue weighted by Gasteiger charge is -2.13. The van der Waals surface area contributed by atoms with Crippen molar-refractivity contribution in [3.05, 3.63) is 47.5 Å². The van der Waals surface area contributed by atoms with E-state index >= 15 is 0 Å². The Labute approximate surface area is 83.0 Å². The highest BCUT2D eigenvalue weighted by atomic mass is 35.5. The van der Waals surface area contributed by atoms with Gasteiger partial charge in [0, 0.05) is 0 Å². The number of alkyl halides is 1. The lowest BCUT2D eigenvalue weighted by Crippen LogP contribution is -2.04. The van der Waals surface area contributed by atoms with E-state index in [0.29, 0.717) is 0 Å². The minimum Gasteiger partial charge on any atom is -0.351 e. The van der Waals surface area contributed by atoms with Crippen LogP contribution in [0.1, 0.15) is 24.2 Å². The lowest BCUT2D eigenvalue weighted by atomic mass is 10.1. The molecule has 1 aromatic rings. The Kier molecular flexibility index (Phi) is 2.38. The van der Waals surface area contributed by atoms with Crippen LogP contribution in [0, 0.1) is 6.08 Å². The zero-order valence-corrected chi connectivity index (χ0v) is 8.08. The summed E-state index contributed by atoms with van der Waals surface area (Å²) in [5, 5.41) is 0. The summed E-state index contributed by atoms with van der Waals surface area (Å²) in [6.07, 6.45) is 5.03. The van der Waals surface area contributed by atoms with Crippen LogP contribution < -0.4 is 0 Å². The maximum absolute atomic E-state index is 5.75. The van der Waals surface area contributed by atoms with Gasteiger partial charge in [-0.05, 0) is 30.2 Å². The van der Waals surface area contributed by atoms with Crippen LogP contribution >= 0.6 is 11.6 Å². The molecule has 0 N–H and O–H groups in total. The Bertz CT molecular complexity index is 331. The van der Waals surface area contributed by atoms with Crippen LogP contribution in [0.25, 0.3) is 0 Å². The molecule has 2 unspecified atom stereocenters. The van der Waals surface area contributed by atoms with Gasteiger partial charge in [0.2, 0.25) is 0 Å². The van der Waals surface area contributed by atoms with Crippen LogP contribution in [0.2, 0.25) is 0 Å². The molecule has 0 bridgehead atoms. The minimum atomic E-state index is -0.269. The predicted molar refractivity (Wildman–Crippen MR) is 52.5 cm³/mol. The van der Waals surface area contributed by atoms with Crippen LogP contribution in [0.4, 0.5) is 0 Å². The van der Waals surface area contributed by atoms with Crippen molar-refractivity contribution in [2.45, 2.75) is 18.6 Å². The Morgan fingerprint density at radius 2 is 2.23 bits per heavy atom. The highest BCUT2D eigenvalue weighted by molar-refractivity contribution is 6.19.